The summed E-state index contributed by atoms with van der Waals surface area (Å²) in [7, 11) is 0. The van der Waals surface area contributed by atoms with Crippen LogP contribution in [0.4, 0.5) is 4.39 Å². The fourth-order valence-electron chi connectivity index (χ4n) is 2.87. The van der Waals surface area contributed by atoms with Crippen LogP contribution in [0.15, 0.2) is 24.4 Å². The lowest BCUT2D eigenvalue weighted by Gasteiger charge is -2.22. The number of aromatic nitrogens is 1. The number of halogens is 1. The Hall–Kier alpha value is -1.64. The van der Waals surface area contributed by atoms with Crippen LogP contribution in [-0.4, -0.2) is 10.8 Å². The van der Waals surface area contributed by atoms with Crippen LogP contribution in [0, 0.1) is 17.2 Å². The van der Waals surface area contributed by atoms with Crippen molar-refractivity contribution in [2.24, 2.45) is 11.3 Å². The number of carbonyl (C=O) groups is 1. The summed E-state index contributed by atoms with van der Waals surface area (Å²) in [4.78, 5) is 15.4. The molecule has 0 radical (unpaired) electrons. The van der Waals surface area contributed by atoms with Gasteiger partial charge in [0.05, 0.1) is 0 Å². The van der Waals surface area contributed by atoms with Gasteiger partial charge in [0.2, 0.25) is 0 Å². The van der Waals surface area contributed by atoms with Crippen LogP contribution in [0.2, 0.25) is 0 Å². The van der Waals surface area contributed by atoms with E-state index >= 15 is 0 Å². The van der Waals surface area contributed by atoms with Crippen LogP contribution in [0.1, 0.15) is 50.9 Å². The summed E-state index contributed by atoms with van der Waals surface area (Å²) in [5.41, 5.74) is 1.62. The topological polar surface area (TPSA) is 32.9 Å². The molecule has 0 aliphatic rings. The Kier molecular flexibility index (Phi) is 3.98. The van der Waals surface area contributed by atoms with Gasteiger partial charge >= 0.3 is 0 Å². The first-order chi connectivity index (χ1) is 9.26. The minimum absolute atomic E-state index is 0.0820. The van der Waals surface area contributed by atoms with Gasteiger partial charge in [-0.05, 0) is 36.0 Å². The zero-order valence-electron chi connectivity index (χ0n) is 12.6. The van der Waals surface area contributed by atoms with Crippen LogP contribution >= 0.6 is 0 Å². The van der Waals surface area contributed by atoms with Crippen molar-refractivity contribution in [3.63, 3.8) is 0 Å². The van der Waals surface area contributed by atoms with E-state index in [4.69, 9.17) is 0 Å². The number of ketones is 1. The van der Waals surface area contributed by atoms with Crippen LogP contribution in [0.25, 0.3) is 10.9 Å². The molecule has 0 aliphatic heterocycles. The van der Waals surface area contributed by atoms with Gasteiger partial charge in [0.1, 0.15) is 5.82 Å². The van der Waals surface area contributed by atoms with Gasteiger partial charge in [-0.25, -0.2) is 4.39 Å². The highest BCUT2D eigenvalue weighted by molar-refractivity contribution is 6.07. The number of carbonyl (C=O) groups excluding carboxylic acids is 1. The highest BCUT2D eigenvalue weighted by Gasteiger charge is 2.20. The highest BCUT2D eigenvalue weighted by atomic mass is 19.1. The second kappa shape index (κ2) is 5.39. The summed E-state index contributed by atoms with van der Waals surface area (Å²) in [6.45, 7) is 8.62. The van der Waals surface area contributed by atoms with Crippen molar-refractivity contribution in [1.29, 1.82) is 0 Å². The molecule has 0 spiro atoms. The summed E-state index contributed by atoms with van der Waals surface area (Å²) >= 11 is 0. The molecule has 2 nitrogen and oxygen atoms in total. The van der Waals surface area contributed by atoms with E-state index < -0.39 is 0 Å². The first-order valence-corrected chi connectivity index (χ1v) is 7.06. The van der Waals surface area contributed by atoms with E-state index in [0.717, 1.165) is 11.9 Å². The van der Waals surface area contributed by atoms with Crippen LogP contribution in [0.3, 0.4) is 0 Å². The highest BCUT2D eigenvalue weighted by Crippen LogP contribution is 2.28. The lowest BCUT2D eigenvalue weighted by atomic mass is 9.83. The van der Waals surface area contributed by atoms with Gasteiger partial charge in [0.15, 0.2) is 5.78 Å². The molecule has 0 aliphatic carbocycles. The third-order valence-electron chi connectivity index (χ3n) is 3.44. The molecule has 0 fully saturated rings. The lowest BCUT2D eigenvalue weighted by molar-refractivity contribution is 0.0956. The SMILES string of the molecule is CC(CC(=O)c1c[nH]c2ccc(F)cc12)CC(C)(C)C. The van der Waals surface area contributed by atoms with Crippen molar-refractivity contribution < 1.29 is 9.18 Å². The number of rotatable bonds is 4. The molecular formula is C17H22FNO. The molecule has 1 heterocycles. The number of aromatic amines is 1. The normalized spacial score (nSPS) is 13.7. The maximum absolute atomic E-state index is 13.3. The predicted octanol–water partition coefficient (Wildman–Crippen LogP) is 4.95. The van der Waals surface area contributed by atoms with Crippen LogP contribution in [-0.2, 0) is 0 Å². The van der Waals surface area contributed by atoms with Gasteiger partial charge in [-0.1, -0.05) is 27.7 Å². The molecule has 108 valence electrons. The standard InChI is InChI=1S/C17H22FNO/c1-11(9-17(2,3)4)7-16(20)14-10-19-15-6-5-12(18)8-13(14)15/h5-6,8,10-11,19H,7,9H2,1-4H3. The number of hydrogen-bond donors (Lipinski definition) is 1. The molecule has 0 amide bonds. The van der Waals surface area contributed by atoms with E-state index in [1.165, 1.54) is 12.1 Å². The number of fused-ring (bicyclic) bond motifs is 1. The zero-order valence-corrected chi connectivity index (χ0v) is 12.6. The van der Waals surface area contributed by atoms with Gasteiger partial charge in [0.25, 0.3) is 0 Å². The minimum atomic E-state index is -0.311. The van der Waals surface area contributed by atoms with E-state index in [0.29, 0.717) is 23.3 Å². The van der Waals surface area contributed by atoms with Crippen molar-refractivity contribution in [3.8, 4) is 0 Å². The Morgan fingerprint density at radius 1 is 1.35 bits per heavy atom. The second-order valence-corrected chi connectivity index (χ2v) is 6.89. The summed E-state index contributed by atoms with van der Waals surface area (Å²) < 4.78 is 13.3. The third kappa shape index (κ3) is 3.47. The van der Waals surface area contributed by atoms with Crippen molar-refractivity contribution >= 4 is 16.7 Å². The van der Waals surface area contributed by atoms with Crippen molar-refractivity contribution in [2.75, 3.05) is 0 Å². The molecule has 1 N–H and O–H groups in total. The van der Waals surface area contributed by atoms with Crippen LogP contribution < -0.4 is 0 Å². The number of nitrogens with one attached hydrogen (secondary N) is 1. The molecule has 20 heavy (non-hydrogen) atoms. The molecule has 0 saturated carbocycles. The fourth-order valence-corrected chi connectivity index (χ4v) is 2.87. The van der Waals surface area contributed by atoms with Crippen LogP contribution in [0.5, 0.6) is 0 Å². The maximum Gasteiger partial charge on any atom is 0.165 e. The molecule has 3 heteroatoms. The molecule has 1 aromatic heterocycles. The van der Waals surface area contributed by atoms with Crippen molar-refractivity contribution in [2.45, 2.75) is 40.5 Å². The quantitative estimate of drug-likeness (QED) is 0.787. The van der Waals surface area contributed by atoms with E-state index in [9.17, 15) is 9.18 Å². The molecule has 0 bridgehead atoms. The van der Waals surface area contributed by atoms with E-state index in [1.807, 2.05) is 0 Å². The monoisotopic (exact) mass is 275 g/mol. The Morgan fingerprint density at radius 2 is 2.05 bits per heavy atom. The second-order valence-electron chi connectivity index (χ2n) is 6.89. The van der Waals surface area contributed by atoms with Gasteiger partial charge < -0.3 is 4.98 Å². The lowest BCUT2D eigenvalue weighted by Crippen LogP contribution is -2.14. The van der Waals surface area contributed by atoms with Gasteiger partial charge in [-0.2, -0.15) is 0 Å². The molecule has 1 atom stereocenters. The zero-order chi connectivity index (χ0) is 14.9. The molecule has 0 saturated heterocycles. The molecule has 1 aromatic carbocycles. The number of hydrogen-bond acceptors (Lipinski definition) is 1. The maximum atomic E-state index is 13.3. The average Bonchev–Trinajstić information content (AvgIpc) is 2.68. The summed E-state index contributed by atoms with van der Waals surface area (Å²) in [5.74, 6) is 0.0912. The predicted molar refractivity (Wildman–Crippen MR) is 80.4 cm³/mol. The average molecular weight is 275 g/mol. The molecule has 2 aromatic rings. The molecular weight excluding hydrogens is 253 g/mol. The Morgan fingerprint density at radius 3 is 2.70 bits per heavy atom. The van der Waals surface area contributed by atoms with Gasteiger partial charge in [-0.15, -0.1) is 0 Å². The number of benzene rings is 1. The Labute approximate surface area is 119 Å². The fraction of sp³-hybridized carbons (Fsp3) is 0.471. The van der Waals surface area contributed by atoms with E-state index in [2.05, 4.69) is 32.7 Å². The molecule has 2 rings (SSSR count). The largest absolute Gasteiger partial charge is 0.360 e. The number of H-pyrrole nitrogens is 1. The molecule has 1 unspecified atom stereocenters. The van der Waals surface area contributed by atoms with Crippen molar-refractivity contribution in [3.05, 3.63) is 35.8 Å². The van der Waals surface area contributed by atoms with Gasteiger partial charge in [0, 0.05) is 29.1 Å². The summed E-state index contributed by atoms with van der Waals surface area (Å²) in [6.07, 6.45) is 3.19. The number of Topliss-reactive ketones (excluding diaryl/α,β-unsaturated/α-hetero) is 1. The van der Waals surface area contributed by atoms with Gasteiger partial charge in [-0.3, -0.25) is 4.79 Å². The third-order valence-corrected chi connectivity index (χ3v) is 3.44. The summed E-state index contributed by atoms with van der Waals surface area (Å²) in [6, 6.07) is 4.49. The minimum Gasteiger partial charge on any atom is -0.360 e. The summed E-state index contributed by atoms with van der Waals surface area (Å²) in [5, 5.41) is 0.679. The first kappa shape index (κ1) is 14.8. The van der Waals surface area contributed by atoms with E-state index in [1.54, 1.807) is 12.3 Å². The first-order valence-electron chi connectivity index (χ1n) is 7.06. The van der Waals surface area contributed by atoms with Crippen molar-refractivity contribution in [1.82, 2.24) is 4.98 Å². The van der Waals surface area contributed by atoms with E-state index in [-0.39, 0.29) is 17.0 Å². The Balaban J connectivity index is 2.17. The smallest absolute Gasteiger partial charge is 0.165 e. The Bertz CT molecular complexity index is 621.